The van der Waals surface area contributed by atoms with Gasteiger partial charge in [0.1, 0.15) is 0 Å². The van der Waals surface area contributed by atoms with Gasteiger partial charge < -0.3 is 5.32 Å². The predicted octanol–water partition coefficient (Wildman–Crippen LogP) is 2.58. The highest BCUT2D eigenvalue weighted by molar-refractivity contribution is 6.20. The molecular formula is C10H14ClN. The number of hydrogen-bond donors (Lipinski definition) is 1. The summed E-state index contributed by atoms with van der Waals surface area (Å²) in [6.07, 6.45) is 0.974. The predicted molar refractivity (Wildman–Crippen MR) is 53.6 cm³/mol. The van der Waals surface area contributed by atoms with Crippen molar-refractivity contribution in [1.29, 1.82) is 0 Å². The Kier molecular flexibility index (Phi) is 4.12. The van der Waals surface area contributed by atoms with Crippen molar-refractivity contribution in [1.82, 2.24) is 5.32 Å². The zero-order valence-electron chi connectivity index (χ0n) is 7.26. The molecule has 1 aromatic rings. The molecule has 1 rings (SSSR count). The number of alkyl halides is 1. The van der Waals surface area contributed by atoms with E-state index in [0.29, 0.717) is 0 Å². The first-order valence-corrected chi connectivity index (χ1v) is 4.62. The Bertz CT molecular complexity index is 210. The highest BCUT2D eigenvalue weighted by Crippen LogP contribution is 2.22. The Hall–Kier alpha value is -0.530. The van der Waals surface area contributed by atoms with Crippen molar-refractivity contribution in [2.75, 3.05) is 13.6 Å². The molecule has 0 aromatic heterocycles. The van der Waals surface area contributed by atoms with Gasteiger partial charge in [0.2, 0.25) is 0 Å². The lowest BCUT2D eigenvalue weighted by Gasteiger charge is -2.08. The van der Waals surface area contributed by atoms with Crippen LogP contribution in [-0.2, 0) is 0 Å². The summed E-state index contributed by atoms with van der Waals surface area (Å²) in [4.78, 5) is 0. The maximum absolute atomic E-state index is 6.14. The number of rotatable bonds is 4. The largest absolute Gasteiger partial charge is 0.320 e. The van der Waals surface area contributed by atoms with Gasteiger partial charge in [-0.05, 0) is 25.6 Å². The normalized spacial score (nSPS) is 12.8. The van der Waals surface area contributed by atoms with E-state index < -0.39 is 0 Å². The molecule has 1 aromatic carbocycles. The van der Waals surface area contributed by atoms with Gasteiger partial charge in [0.05, 0.1) is 5.38 Å². The lowest BCUT2D eigenvalue weighted by molar-refractivity contribution is 0.710. The molecule has 1 nitrogen and oxygen atoms in total. The molecule has 0 saturated carbocycles. The lowest BCUT2D eigenvalue weighted by Crippen LogP contribution is -2.09. The quantitative estimate of drug-likeness (QED) is 0.708. The summed E-state index contributed by atoms with van der Waals surface area (Å²) in [5.74, 6) is 0. The van der Waals surface area contributed by atoms with Crippen molar-refractivity contribution in [3.63, 3.8) is 0 Å². The molecule has 1 N–H and O–H groups in total. The molecule has 2 heteroatoms. The highest BCUT2D eigenvalue weighted by Gasteiger charge is 2.04. The van der Waals surface area contributed by atoms with E-state index in [2.05, 4.69) is 17.4 Å². The molecular weight excluding hydrogens is 170 g/mol. The third kappa shape index (κ3) is 2.84. The van der Waals surface area contributed by atoms with Crippen molar-refractivity contribution in [2.45, 2.75) is 11.8 Å². The molecule has 0 aliphatic carbocycles. The Morgan fingerprint density at radius 2 is 2.00 bits per heavy atom. The van der Waals surface area contributed by atoms with Gasteiger partial charge in [-0.2, -0.15) is 0 Å². The summed E-state index contributed by atoms with van der Waals surface area (Å²) in [5, 5.41) is 3.22. The molecule has 0 aliphatic rings. The number of halogens is 1. The second-order valence-electron chi connectivity index (χ2n) is 2.77. The van der Waals surface area contributed by atoms with Gasteiger partial charge in [0.15, 0.2) is 0 Å². The molecule has 1 unspecified atom stereocenters. The number of hydrogen-bond acceptors (Lipinski definition) is 1. The summed E-state index contributed by atoms with van der Waals surface area (Å²) in [6.45, 7) is 0.961. The van der Waals surface area contributed by atoms with E-state index in [4.69, 9.17) is 11.6 Å². The fourth-order valence-electron chi connectivity index (χ4n) is 1.10. The zero-order chi connectivity index (χ0) is 8.81. The maximum atomic E-state index is 6.14. The van der Waals surface area contributed by atoms with Gasteiger partial charge in [-0.3, -0.25) is 0 Å². The van der Waals surface area contributed by atoms with Crippen LogP contribution in [0.4, 0.5) is 0 Å². The average molecular weight is 184 g/mol. The van der Waals surface area contributed by atoms with E-state index in [1.54, 1.807) is 0 Å². The summed E-state index contributed by atoms with van der Waals surface area (Å²) in [6, 6.07) is 10.2. The molecule has 0 amide bonds. The van der Waals surface area contributed by atoms with Gasteiger partial charge >= 0.3 is 0 Å². The smallest absolute Gasteiger partial charge is 0.0597 e. The third-order valence-electron chi connectivity index (χ3n) is 1.81. The molecule has 0 bridgehead atoms. The zero-order valence-corrected chi connectivity index (χ0v) is 8.01. The maximum Gasteiger partial charge on any atom is 0.0597 e. The van der Waals surface area contributed by atoms with Gasteiger partial charge in [0.25, 0.3) is 0 Å². The Labute approximate surface area is 78.7 Å². The molecule has 0 radical (unpaired) electrons. The summed E-state index contributed by atoms with van der Waals surface area (Å²) in [7, 11) is 1.94. The first kappa shape index (κ1) is 9.56. The molecule has 0 saturated heterocycles. The first-order valence-electron chi connectivity index (χ1n) is 4.18. The van der Waals surface area contributed by atoms with Crippen LogP contribution in [0.5, 0.6) is 0 Å². The van der Waals surface area contributed by atoms with Crippen molar-refractivity contribution in [3.05, 3.63) is 35.9 Å². The van der Waals surface area contributed by atoms with Crippen molar-refractivity contribution in [3.8, 4) is 0 Å². The Morgan fingerprint density at radius 3 is 2.58 bits per heavy atom. The topological polar surface area (TPSA) is 12.0 Å². The van der Waals surface area contributed by atoms with Crippen molar-refractivity contribution >= 4 is 11.6 Å². The van der Waals surface area contributed by atoms with E-state index >= 15 is 0 Å². The van der Waals surface area contributed by atoms with Gasteiger partial charge in [0, 0.05) is 0 Å². The minimum absolute atomic E-state index is 0.138. The minimum atomic E-state index is 0.138. The van der Waals surface area contributed by atoms with Crippen LogP contribution in [0.2, 0.25) is 0 Å². The molecule has 1 atom stereocenters. The monoisotopic (exact) mass is 183 g/mol. The molecule has 66 valence electrons. The van der Waals surface area contributed by atoms with E-state index in [1.165, 1.54) is 5.56 Å². The van der Waals surface area contributed by atoms with Crippen LogP contribution in [0.3, 0.4) is 0 Å². The third-order valence-corrected chi connectivity index (χ3v) is 2.28. The molecule has 0 spiro atoms. The second-order valence-corrected chi connectivity index (χ2v) is 3.30. The van der Waals surface area contributed by atoms with Crippen molar-refractivity contribution < 1.29 is 0 Å². The molecule has 0 heterocycles. The molecule has 0 fully saturated rings. The van der Waals surface area contributed by atoms with E-state index in [1.807, 2.05) is 25.2 Å². The van der Waals surface area contributed by atoms with Gasteiger partial charge in [-0.25, -0.2) is 0 Å². The van der Waals surface area contributed by atoms with E-state index in [0.717, 1.165) is 13.0 Å². The van der Waals surface area contributed by atoms with Crippen LogP contribution >= 0.6 is 11.6 Å². The first-order chi connectivity index (χ1) is 5.84. The van der Waals surface area contributed by atoms with E-state index in [-0.39, 0.29) is 5.38 Å². The van der Waals surface area contributed by atoms with Gasteiger partial charge in [-0.15, -0.1) is 11.6 Å². The minimum Gasteiger partial charge on any atom is -0.320 e. The lowest BCUT2D eigenvalue weighted by atomic mass is 10.1. The SMILES string of the molecule is CNCCC(Cl)c1ccccc1. The van der Waals surface area contributed by atoms with Crippen LogP contribution in [-0.4, -0.2) is 13.6 Å². The Balaban J connectivity index is 2.48. The average Bonchev–Trinajstić information content (AvgIpc) is 2.15. The van der Waals surface area contributed by atoms with Crippen molar-refractivity contribution in [2.24, 2.45) is 0 Å². The standard InChI is InChI=1S/C10H14ClN/c1-12-8-7-10(11)9-5-3-2-4-6-9/h2-6,10,12H,7-8H2,1H3. The van der Waals surface area contributed by atoms with Gasteiger partial charge in [-0.1, -0.05) is 30.3 Å². The Morgan fingerprint density at radius 1 is 1.33 bits per heavy atom. The van der Waals surface area contributed by atoms with E-state index in [9.17, 15) is 0 Å². The van der Waals surface area contributed by atoms with Crippen LogP contribution in [0, 0.1) is 0 Å². The highest BCUT2D eigenvalue weighted by atomic mass is 35.5. The van der Waals surface area contributed by atoms with Crippen LogP contribution < -0.4 is 5.32 Å². The fourth-order valence-corrected chi connectivity index (χ4v) is 1.35. The fraction of sp³-hybridized carbons (Fsp3) is 0.400. The number of benzene rings is 1. The summed E-state index contributed by atoms with van der Waals surface area (Å²) < 4.78 is 0. The van der Waals surface area contributed by atoms with Crippen LogP contribution in [0.15, 0.2) is 30.3 Å². The summed E-state index contributed by atoms with van der Waals surface area (Å²) >= 11 is 6.14. The van der Waals surface area contributed by atoms with Crippen LogP contribution in [0.1, 0.15) is 17.4 Å². The molecule has 12 heavy (non-hydrogen) atoms. The second kappa shape index (κ2) is 5.18. The van der Waals surface area contributed by atoms with Crippen LogP contribution in [0.25, 0.3) is 0 Å². The molecule has 0 aliphatic heterocycles. The summed E-state index contributed by atoms with van der Waals surface area (Å²) in [5.41, 5.74) is 1.20. The number of nitrogens with one attached hydrogen (secondary N) is 1.